The monoisotopic (exact) mass is 428 g/mol. The lowest BCUT2D eigenvalue weighted by Gasteiger charge is -2.05. The van der Waals surface area contributed by atoms with Crippen LogP contribution < -0.4 is 5.32 Å². The number of carbonyl (C=O) groups excluding carboxylic acids is 1. The van der Waals surface area contributed by atoms with Crippen LogP contribution in [0.5, 0.6) is 0 Å². The van der Waals surface area contributed by atoms with Crippen molar-refractivity contribution in [3.05, 3.63) is 56.6 Å². The first kappa shape index (κ1) is 18.3. The molecule has 1 aromatic carbocycles. The molecule has 3 aromatic rings. The number of amides is 1. The highest BCUT2D eigenvalue weighted by atomic mass is 35.5. The van der Waals surface area contributed by atoms with Crippen molar-refractivity contribution < 1.29 is 4.79 Å². The number of anilines is 1. The molecule has 0 atom stereocenters. The summed E-state index contributed by atoms with van der Waals surface area (Å²) < 4.78 is 3.01. The molecule has 2 aromatic heterocycles. The van der Waals surface area contributed by atoms with Gasteiger partial charge in [0, 0.05) is 6.20 Å². The number of hydrogen-bond acceptors (Lipinski definition) is 6. The maximum Gasteiger partial charge on any atom is 0.236 e. The van der Waals surface area contributed by atoms with Crippen molar-refractivity contribution in [2.75, 3.05) is 11.1 Å². The van der Waals surface area contributed by atoms with Crippen LogP contribution in [-0.4, -0.2) is 26.4 Å². The Balaban J connectivity index is 1.64. The summed E-state index contributed by atoms with van der Waals surface area (Å²) in [6.07, 6.45) is 1.42. The van der Waals surface area contributed by atoms with Gasteiger partial charge >= 0.3 is 0 Å². The second-order valence-corrected chi connectivity index (χ2v) is 8.39. The summed E-state index contributed by atoms with van der Waals surface area (Å²) in [7, 11) is 0. The van der Waals surface area contributed by atoms with E-state index in [0.29, 0.717) is 13.3 Å². The van der Waals surface area contributed by atoms with E-state index in [9.17, 15) is 4.79 Å². The molecule has 0 radical (unpaired) electrons. The van der Waals surface area contributed by atoms with Gasteiger partial charge in [-0.05, 0) is 30.4 Å². The second kappa shape index (κ2) is 8.29. The standard InChI is InChI=1S/C15H10Cl2N4OS3/c16-9-6-11(17)13(18-7-9)19-12(22)8-24-14-20-21(15(23)25-14)10-4-2-1-3-5-10/h1-7H,8H2,(H,18,19,22). The van der Waals surface area contributed by atoms with Crippen molar-refractivity contribution in [1.82, 2.24) is 14.8 Å². The third-order valence-electron chi connectivity index (χ3n) is 2.92. The summed E-state index contributed by atoms with van der Waals surface area (Å²) in [5.41, 5.74) is 0.886. The fourth-order valence-corrected chi connectivity index (χ4v) is 4.44. The fraction of sp³-hybridized carbons (Fsp3) is 0.0667. The largest absolute Gasteiger partial charge is 0.309 e. The molecule has 0 saturated carbocycles. The summed E-state index contributed by atoms with van der Waals surface area (Å²) in [5.74, 6) is 0.200. The molecule has 1 amide bonds. The van der Waals surface area contributed by atoms with Crippen molar-refractivity contribution in [3.8, 4) is 5.69 Å². The third kappa shape index (κ3) is 4.80. The molecule has 0 aliphatic carbocycles. The van der Waals surface area contributed by atoms with E-state index in [1.165, 1.54) is 35.4 Å². The molecule has 0 aliphatic rings. The van der Waals surface area contributed by atoms with Gasteiger partial charge in [0.05, 0.1) is 21.5 Å². The third-order valence-corrected chi connectivity index (χ3v) is 5.78. The van der Waals surface area contributed by atoms with E-state index < -0.39 is 0 Å². The number of thioether (sulfide) groups is 1. The minimum Gasteiger partial charge on any atom is -0.309 e. The Morgan fingerprint density at radius 2 is 2.08 bits per heavy atom. The van der Waals surface area contributed by atoms with Crippen LogP contribution in [0.2, 0.25) is 10.0 Å². The first-order valence-corrected chi connectivity index (χ1v) is 9.89. The number of halogens is 2. The Kier molecular flexibility index (Phi) is 6.08. The van der Waals surface area contributed by atoms with Gasteiger partial charge in [-0.15, -0.1) is 5.10 Å². The highest BCUT2D eigenvalue weighted by Crippen LogP contribution is 2.25. The number of nitrogens with one attached hydrogen (secondary N) is 1. The van der Waals surface area contributed by atoms with Crippen LogP contribution in [0.1, 0.15) is 0 Å². The van der Waals surface area contributed by atoms with Crippen molar-refractivity contribution >= 4 is 70.2 Å². The van der Waals surface area contributed by atoms with Crippen LogP contribution in [0.4, 0.5) is 5.82 Å². The zero-order chi connectivity index (χ0) is 17.8. The lowest BCUT2D eigenvalue weighted by molar-refractivity contribution is -0.113. The SMILES string of the molecule is O=C(CSc1nn(-c2ccccc2)c(=S)s1)Nc1ncc(Cl)cc1Cl. The first-order chi connectivity index (χ1) is 12.0. The van der Waals surface area contributed by atoms with E-state index >= 15 is 0 Å². The predicted molar refractivity (Wildman–Crippen MR) is 106 cm³/mol. The van der Waals surface area contributed by atoms with Crippen LogP contribution in [0.25, 0.3) is 5.69 Å². The fourth-order valence-electron chi connectivity index (χ4n) is 1.85. The number of para-hydroxylation sites is 1. The minimum atomic E-state index is -0.242. The molecule has 5 nitrogen and oxygen atoms in total. The van der Waals surface area contributed by atoms with Gasteiger partial charge in [0.25, 0.3) is 0 Å². The van der Waals surface area contributed by atoms with Crippen LogP contribution in [0, 0.1) is 3.95 Å². The molecule has 0 aliphatic heterocycles. The molecule has 1 N–H and O–H groups in total. The number of carbonyl (C=O) groups is 1. The quantitative estimate of drug-likeness (QED) is 0.452. The van der Waals surface area contributed by atoms with Gasteiger partial charge in [-0.3, -0.25) is 4.79 Å². The number of nitrogens with zero attached hydrogens (tertiary/aromatic N) is 3. The van der Waals surface area contributed by atoms with Gasteiger partial charge in [-0.25, -0.2) is 9.67 Å². The van der Waals surface area contributed by atoms with E-state index in [4.69, 9.17) is 35.4 Å². The Bertz CT molecular complexity index is 959. The van der Waals surface area contributed by atoms with E-state index in [-0.39, 0.29) is 22.5 Å². The molecule has 25 heavy (non-hydrogen) atoms. The van der Waals surface area contributed by atoms with E-state index in [1.54, 1.807) is 4.68 Å². The van der Waals surface area contributed by atoms with E-state index in [0.717, 1.165) is 5.69 Å². The lowest BCUT2D eigenvalue weighted by atomic mass is 10.3. The van der Waals surface area contributed by atoms with E-state index in [1.807, 2.05) is 30.3 Å². The molecule has 2 heterocycles. The lowest BCUT2D eigenvalue weighted by Crippen LogP contribution is -2.15. The zero-order valence-electron chi connectivity index (χ0n) is 12.5. The maximum absolute atomic E-state index is 12.1. The minimum absolute atomic E-state index is 0.164. The summed E-state index contributed by atoms with van der Waals surface area (Å²) in [4.78, 5) is 16.1. The number of benzene rings is 1. The molecule has 0 bridgehead atoms. The number of rotatable bonds is 5. The van der Waals surface area contributed by atoms with Gasteiger partial charge in [-0.2, -0.15) is 0 Å². The highest BCUT2D eigenvalue weighted by Gasteiger charge is 2.11. The summed E-state index contributed by atoms with van der Waals surface area (Å²) >= 11 is 19.8. The van der Waals surface area contributed by atoms with Crippen molar-refractivity contribution in [1.29, 1.82) is 0 Å². The van der Waals surface area contributed by atoms with Crippen molar-refractivity contribution in [2.24, 2.45) is 0 Å². The topological polar surface area (TPSA) is 59.8 Å². The van der Waals surface area contributed by atoms with Crippen LogP contribution in [-0.2, 0) is 4.79 Å². The molecular formula is C15H10Cl2N4OS3. The Morgan fingerprint density at radius 3 is 2.80 bits per heavy atom. The highest BCUT2D eigenvalue weighted by molar-refractivity contribution is 8.01. The molecule has 128 valence electrons. The second-order valence-electron chi connectivity index (χ2n) is 4.70. The Morgan fingerprint density at radius 1 is 1.32 bits per heavy atom. The Hall–Kier alpha value is -1.45. The van der Waals surface area contributed by atoms with Crippen molar-refractivity contribution in [2.45, 2.75) is 4.34 Å². The number of pyridine rings is 1. The molecule has 0 unspecified atom stereocenters. The van der Waals surface area contributed by atoms with Gasteiger partial charge in [0.1, 0.15) is 0 Å². The predicted octanol–water partition coefficient (Wildman–Crippen LogP) is 5.10. The molecule has 0 saturated heterocycles. The van der Waals surface area contributed by atoms with Crippen molar-refractivity contribution in [3.63, 3.8) is 0 Å². The first-order valence-electron chi connectivity index (χ1n) is 6.92. The summed E-state index contributed by atoms with van der Waals surface area (Å²) in [6, 6.07) is 11.1. The van der Waals surface area contributed by atoms with Gasteiger partial charge in [0.15, 0.2) is 14.1 Å². The van der Waals surface area contributed by atoms with Crippen LogP contribution in [0.15, 0.2) is 46.9 Å². The van der Waals surface area contributed by atoms with Gasteiger partial charge < -0.3 is 5.32 Å². The van der Waals surface area contributed by atoms with Gasteiger partial charge in [-0.1, -0.05) is 64.5 Å². The van der Waals surface area contributed by atoms with Gasteiger partial charge in [0.2, 0.25) is 5.91 Å². The Labute approximate surface area is 167 Å². The zero-order valence-corrected chi connectivity index (χ0v) is 16.4. The normalized spacial score (nSPS) is 10.6. The summed E-state index contributed by atoms with van der Waals surface area (Å²) in [6.45, 7) is 0. The summed E-state index contributed by atoms with van der Waals surface area (Å²) in [5, 5.41) is 7.78. The smallest absolute Gasteiger partial charge is 0.236 e. The average Bonchev–Trinajstić information content (AvgIpc) is 2.97. The number of aromatic nitrogens is 3. The molecular weight excluding hydrogens is 419 g/mol. The molecule has 10 heteroatoms. The van der Waals surface area contributed by atoms with Crippen LogP contribution >= 0.6 is 58.5 Å². The van der Waals surface area contributed by atoms with Crippen LogP contribution in [0.3, 0.4) is 0 Å². The van der Waals surface area contributed by atoms with E-state index in [2.05, 4.69) is 15.4 Å². The molecule has 0 fully saturated rings. The molecule has 0 spiro atoms. The number of hydrogen-bond donors (Lipinski definition) is 1. The average molecular weight is 429 g/mol. The molecule has 3 rings (SSSR count). The maximum atomic E-state index is 12.1.